The summed E-state index contributed by atoms with van der Waals surface area (Å²) in [6.07, 6.45) is 7.74. The third-order valence-corrected chi connectivity index (χ3v) is 11.3. The van der Waals surface area contributed by atoms with Gasteiger partial charge in [-0.3, -0.25) is 9.97 Å². The zero-order valence-electron chi connectivity index (χ0n) is 32.1. The molecule has 59 heavy (non-hydrogen) atoms. The summed E-state index contributed by atoms with van der Waals surface area (Å²) in [6, 6.07) is 71.3. The molecule has 278 valence electrons. The van der Waals surface area contributed by atoms with Crippen LogP contribution in [-0.4, -0.2) is 19.1 Å². The predicted molar refractivity (Wildman–Crippen MR) is 244 cm³/mol. The van der Waals surface area contributed by atoms with Gasteiger partial charge in [0.2, 0.25) is 0 Å². The molecule has 0 unspecified atom stereocenters. The average Bonchev–Trinajstić information content (AvgIpc) is 3.90. The Balaban J connectivity index is 1.02. The van der Waals surface area contributed by atoms with Crippen LogP contribution in [-0.2, 0) is 0 Å². The lowest BCUT2D eigenvalue weighted by molar-refractivity contribution is 1.13. The Labute approximate surface area is 342 Å². The largest absolute Gasteiger partial charge is 0.317 e. The number of pyridine rings is 2. The first-order valence-corrected chi connectivity index (χ1v) is 19.9. The molecule has 0 atom stereocenters. The number of fused-ring (bicyclic) bond motifs is 5. The van der Waals surface area contributed by atoms with Crippen LogP contribution in [0.2, 0.25) is 0 Å². The summed E-state index contributed by atoms with van der Waals surface area (Å²) in [6.45, 7) is 0. The zero-order chi connectivity index (χ0) is 39.1. The molecule has 0 aliphatic rings. The fourth-order valence-electron chi connectivity index (χ4n) is 8.49. The van der Waals surface area contributed by atoms with Crippen molar-refractivity contribution >= 4 is 49.8 Å². The van der Waals surface area contributed by atoms with E-state index >= 15 is 0 Å². The van der Waals surface area contributed by atoms with Crippen molar-refractivity contribution in [3.8, 4) is 44.9 Å². The minimum Gasteiger partial charge on any atom is -0.317 e. The number of anilines is 3. The molecule has 0 saturated heterocycles. The first-order valence-electron chi connectivity index (χ1n) is 19.9. The van der Waals surface area contributed by atoms with Crippen LogP contribution < -0.4 is 4.90 Å². The highest BCUT2D eigenvalue weighted by molar-refractivity contribution is 6.21. The van der Waals surface area contributed by atoms with E-state index in [0.29, 0.717) is 0 Å². The molecule has 0 aliphatic heterocycles. The van der Waals surface area contributed by atoms with Gasteiger partial charge in [-0.25, -0.2) is 0 Å². The third kappa shape index (κ3) is 6.13. The predicted octanol–water partition coefficient (Wildman–Crippen LogP) is 14.0. The topological polar surface area (TPSA) is 38.9 Å². The molecule has 0 spiro atoms. The summed E-state index contributed by atoms with van der Waals surface area (Å²) in [5.41, 5.74) is 15.6. The van der Waals surface area contributed by atoms with E-state index in [0.717, 1.165) is 56.4 Å². The Morgan fingerprint density at radius 1 is 0.390 bits per heavy atom. The highest BCUT2D eigenvalue weighted by Crippen LogP contribution is 2.41. The molecule has 11 aromatic rings. The molecule has 5 nitrogen and oxygen atoms in total. The van der Waals surface area contributed by atoms with Gasteiger partial charge in [0, 0.05) is 74.9 Å². The lowest BCUT2D eigenvalue weighted by Crippen LogP contribution is -2.09. The van der Waals surface area contributed by atoms with Gasteiger partial charge in [0.25, 0.3) is 0 Å². The SMILES string of the molecule is c1ccc(-n2ccc3c4c5cc(-c6ccc(N(c7ccc(-c8cccnc8)cc7)c7ccc(-c8ccccn8)cc7)cc6)ccc5n(-c5ccccc5)c4ccc32)cc1. The van der Waals surface area contributed by atoms with Crippen LogP contribution in [0.5, 0.6) is 0 Å². The van der Waals surface area contributed by atoms with Gasteiger partial charge in [0.05, 0.1) is 22.2 Å². The maximum absolute atomic E-state index is 4.58. The molecular weight excluding hydrogens is 719 g/mol. The maximum Gasteiger partial charge on any atom is 0.0701 e. The second-order valence-electron chi connectivity index (χ2n) is 14.7. The Morgan fingerprint density at radius 3 is 1.63 bits per heavy atom. The van der Waals surface area contributed by atoms with E-state index in [9.17, 15) is 0 Å². The fourth-order valence-corrected chi connectivity index (χ4v) is 8.49. The molecule has 0 amide bonds. The van der Waals surface area contributed by atoms with Crippen molar-refractivity contribution in [1.29, 1.82) is 0 Å². The lowest BCUT2D eigenvalue weighted by atomic mass is 10.0. The Bertz CT molecular complexity index is 3130. The van der Waals surface area contributed by atoms with Gasteiger partial charge in [-0.15, -0.1) is 0 Å². The zero-order valence-corrected chi connectivity index (χ0v) is 32.1. The maximum atomic E-state index is 4.58. The summed E-state index contributed by atoms with van der Waals surface area (Å²) in [5.74, 6) is 0. The quantitative estimate of drug-likeness (QED) is 0.155. The van der Waals surface area contributed by atoms with Gasteiger partial charge in [-0.1, -0.05) is 91.0 Å². The Morgan fingerprint density at radius 2 is 0.983 bits per heavy atom. The number of rotatable bonds is 8. The van der Waals surface area contributed by atoms with E-state index in [1.165, 1.54) is 38.3 Å². The second kappa shape index (κ2) is 14.5. The van der Waals surface area contributed by atoms with Crippen LogP contribution in [0.3, 0.4) is 0 Å². The van der Waals surface area contributed by atoms with Crippen molar-refractivity contribution < 1.29 is 0 Å². The summed E-state index contributed by atoms with van der Waals surface area (Å²) >= 11 is 0. The van der Waals surface area contributed by atoms with Crippen LogP contribution in [0.1, 0.15) is 0 Å². The number of para-hydroxylation sites is 2. The molecule has 0 fully saturated rings. The number of benzene rings is 7. The molecule has 11 rings (SSSR count). The molecule has 5 heteroatoms. The van der Waals surface area contributed by atoms with Gasteiger partial charge in [0.15, 0.2) is 0 Å². The summed E-state index contributed by atoms with van der Waals surface area (Å²) in [4.78, 5) is 11.2. The fraction of sp³-hybridized carbons (Fsp3) is 0. The van der Waals surface area contributed by atoms with E-state index in [4.69, 9.17) is 0 Å². The van der Waals surface area contributed by atoms with Crippen LogP contribution in [0.25, 0.3) is 77.6 Å². The number of hydrogen-bond donors (Lipinski definition) is 0. The van der Waals surface area contributed by atoms with Crippen LogP contribution in [0.15, 0.2) is 225 Å². The van der Waals surface area contributed by atoms with Crippen molar-refractivity contribution in [1.82, 2.24) is 19.1 Å². The van der Waals surface area contributed by atoms with Crippen LogP contribution in [0, 0.1) is 0 Å². The normalized spacial score (nSPS) is 11.4. The molecule has 0 radical (unpaired) electrons. The van der Waals surface area contributed by atoms with Crippen molar-refractivity contribution in [2.75, 3.05) is 4.90 Å². The Kier molecular flexibility index (Phi) is 8.41. The van der Waals surface area contributed by atoms with Gasteiger partial charge < -0.3 is 14.0 Å². The highest BCUT2D eigenvalue weighted by atomic mass is 15.1. The molecule has 7 aromatic carbocycles. The van der Waals surface area contributed by atoms with E-state index < -0.39 is 0 Å². The van der Waals surface area contributed by atoms with E-state index in [-0.39, 0.29) is 0 Å². The van der Waals surface area contributed by atoms with Gasteiger partial charge in [-0.2, -0.15) is 0 Å². The molecule has 4 heterocycles. The minimum absolute atomic E-state index is 0.953. The minimum atomic E-state index is 0.953. The molecule has 0 bridgehead atoms. The van der Waals surface area contributed by atoms with Crippen molar-refractivity contribution in [3.63, 3.8) is 0 Å². The highest BCUT2D eigenvalue weighted by Gasteiger charge is 2.19. The van der Waals surface area contributed by atoms with Gasteiger partial charge in [-0.05, 0) is 131 Å². The summed E-state index contributed by atoms with van der Waals surface area (Å²) in [5, 5.41) is 3.72. The summed E-state index contributed by atoms with van der Waals surface area (Å²) < 4.78 is 4.68. The van der Waals surface area contributed by atoms with Crippen molar-refractivity contribution in [2.45, 2.75) is 0 Å². The molecular formula is C54H37N5. The van der Waals surface area contributed by atoms with Crippen molar-refractivity contribution in [3.05, 3.63) is 225 Å². The monoisotopic (exact) mass is 755 g/mol. The average molecular weight is 756 g/mol. The van der Waals surface area contributed by atoms with Crippen molar-refractivity contribution in [2.24, 2.45) is 0 Å². The van der Waals surface area contributed by atoms with E-state index in [2.05, 4.69) is 206 Å². The Hall–Kier alpha value is -8.02. The smallest absolute Gasteiger partial charge is 0.0701 e. The molecule has 4 aromatic heterocycles. The molecule has 0 N–H and O–H groups in total. The van der Waals surface area contributed by atoms with E-state index in [1.807, 2.05) is 42.9 Å². The first-order chi connectivity index (χ1) is 29.3. The molecule has 0 saturated carbocycles. The number of hydrogen-bond acceptors (Lipinski definition) is 3. The van der Waals surface area contributed by atoms with E-state index in [1.54, 1.807) is 0 Å². The van der Waals surface area contributed by atoms with Gasteiger partial charge >= 0.3 is 0 Å². The number of nitrogens with zero attached hydrogens (tertiary/aromatic N) is 5. The first kappa shape index (κ1) is 34.2. The molecule has 0 aliphatic carbocycles. The van der Waals surface area contributed by atoms with Crippen LogP contribution in [0.4, 0.5) is 17.1 Å². The van der Waals surface area contributed by atoms with Crippen LogP contribution >= 0.6 is 0 Å². The number of aromatic nitrogens is 4. The lowest BCUT2D eigenvalue weighted by Gasteiger charge is -2.26. The van der Waals surface area contributed by atoms with Gasteiger partial charge in [0.1, 0.15) is 0 Å². The third-order valence-electron chi connectivity index (χ3n) is 11.3. The second-order valence-corrected chi connectivity index (χ2v) is 14.7. The summed E-state index contributed by atoms with van der Waals surface area (Å²) in [7, 11) is 0. The standard InChI is InChI=1S/C54H37N5/c1-3-11-43(12-4-1)57-35-32-48-51(57)30-31-53-54(48)49-36-41(22-29-52(49)59(53)44-13-5-2-6-14-44)38-16-23-45(24-17-38)58(46-25-18-39(19-26-46)42-10-9-33-55-37-42)47-27-20-40(21-28-47)50-15-7-8-34-56-50/h1-37H.